The Balaban J connectivity index is 1.61. The molecule has 5 nitrogen and oxygen atoms in total. The Morgan fingerprint density at radius 2 is 1.78 bits per heavy atom. The van der Waals surface area contributed by atoms with E-state index in [1.807, 2.05) is 73.7 Å². The summed E-state index contributed by atoms with van der Waals surface area (Å²) in [6, 6.07) is 21.3. The minimum atomic E-state index is -0.308. The lowest BCUT2D eigenvalue weighted by molar-refractivity contribution is -0.123. The molecule has 4 rings (SSSR count). The van der Waals surface area contributed by atoms with E-state index in [-0.39, 0.29) is 17.7 Å². The summed E-state index contributed by atoms with van der Waals surface area (Å²) in [5.41, 5.74) is 3.58. The highest BCUT2D eigenvalue weighted by Crippen LogP contribution is 2.38. The van der Waals surface area contributed by atoms with Crippen molar-refractivity contribution >= 4 is 44.9 Å². The molecule has 0 atom stereocenters. The molecule has 0 N–H and O–H groups in total. The van der Waals surface area contributed by atoms with E-state index in [0.717, 1.165) is 38.5 Å². The van der Waals surface area contributed by atoms with Gasteiger partial charge in [0.05, 0.1) is 18.1 Å². The maximum atomic E-state index is 13.1. The molecule has 184 valence electrons. The maximum absolute atomic E-state index is 13.1. The Labute approximate surface area is 223 Å². The fraction of sp³-hybridized carbons (Fsp3) is 0.172. The first-order valence-corrected chi connectivity index (χ1v) is 13.2. The van der Waals surface area contributed by atoms with Gasteiger partial charge in [0, 0.05) is 10.0 Å². The first-order chi connectivity index (χ1) is 17.5. The van der Waals surface area contributed by atoms with Crippen LogP contribution in [0.4, 0.5) is 4.79 Å². The predicted molar refractivity (Wildman–Crippen MR) is 148 cm³/mol. The van der Waals surface area contributed by atoms with E-state index in [1.165, 1.54) is 4.90 Å². The summed E-state index contributed by atoms with van der Waals surface area (Å²) in [5, 5.41) is -0.287. The van der Waals surface area contributed by atoms with Crippen LogP contribution in [0.1, 0.15) is 29.2 Å². The number of hydrogen-bond acceptors (Lipinski definition) is 5. The molecular weight excluding hydrogens is 538 g/mol. The molecule has 0 aliphatic carbocycles. The van der Waals surface area contributed by atoms with Gasteiger partial charge in [-0.25, -0.2) is 0 Å². The fourth-order valence-corrected chi connectivity index (χ4v) is 5.12. The average molecular weight is 565 g/mol. The minimum absolute atomic E-state index is 0.222. The summed E-state index contributed by atoms with van der Waals surface area (Å²) in [6.07, 6.45) is 4.11. The van der Waals surface area contributed by atoms with Crippen LogP contribution >= 0.6 is 27.7 Å². The molecule has 3 aromatic carbocycles. The second kappa shape index (κ2) is 12.1. The lowest BCUT2D eigenvalue weighted by atomic mass is 10.0. The Bertz CT molecular complexity index is 1310. The number of carbonyl (C=O) groups is 2. The molecule has 2 amide bonds. The van der Waals surface area contributed by atoms with Gasteiger partial charge in [0.15, 0.2) is 11.5 Å². The smallest absolute Gasteiger partial charge is 0.293 e. The van der Waals surface area contributed by atoms with Crippen molar-refractivity contribution in [2.45, 2.75) is 26.5 Å². The van der Waals surface area contributed by atoms with Crippen molar-refractivity contribution in [1.82, 2.24) is 4.90 Å². The lowest BCUT2D eigenvalue weighted by Crippen LogP contribution is -2.27. The van der Waals surface area contributed by atoms with Gasteiger partial charge >= 0.3 is 0 Å². The van der Waals surface area contributed by atoms with Crippen LogP contribution in [0, 0.1) is 0 Å². The second-order valence-corrected chi connectivity index (χ2v) is 10.0. The molecule has 36 heavy (non-hydrogen) atoms. The molecule has 3 aromatic rings. The highest BCUT2D eigenvalue weighted by Gasteiger charge is 2.35. The Morgan fingerprint density at radius 1 is 1.00 bits per heavy atom. The minimum Gasteiger partial charge on any atom is -0.490 e. The van der Waals surface area contributed by atoms with Crippen LogP contribution < -0.4 is 9.47 Å². The van der Waals surface area contributed by atoms with Crippen molar-refractivity contribution < 1.29 is 19.1 Å². The topological polar surface area (TPSA) is 55.8 Å². The highest BCUT2D eigenvalue weighted by atomic mass is 79.9. The molecule has 0 unspecified atom stereocenters. The zero-order chi connectivity index (χ0) is 25.5. The van der Waals surface area contributed by atoms with Gasteiger partial charge in [-0.05, 0) is 72.1 Å². The molecule has 7 heteroatoms. The van der Waals surface area contributed by atoms with Crippen molar-refractivity contribution in [3.05, 3.63) is 111 Å². The van der Waals surface area contributed by atoms with Gasteiger partial charge in [-0.15, -0.1) is 6.58 Å². The summed E-state index contributed by atoms with van der Waals surface area (Å²) in [7, 11) is 0. The van der Waals surface area contributed by atoms with E-state index in [1.54, 1.807) is 12.2 Å². The van der Waals surface area contributed by atoms with Gasteiger partial charge < -0.3 is 9.47 Å². The Kier molecular flexibility index (Phi) is 8.67. The first-order valence-electron chi connectivity index (χ1n) is 11.6. The summed E-state index contributed by atoms with van der Waals surface area (Å²) < 4.78 is 13.0. The van der Waals surface area contributed by atoms with E-state index >= 15 is 0 Å². The molecule has 1 aliphatic rings. The third kappa shape index (κ3) is 6.28. The molecule has 0 saturated carbocycles. The number of nitrogens with zero attached hydrogens (tertiary/aromatic N) is 1. The second-order valence-electron chi connectivity index (χ2n) is 8.11. The summed E-state index contributed by atoms with van der Waals surface area (Å²) in [6.45, 7) is 6.87. The maximum Gasteiger partial charge on any atom is 0.293 e. The number of hydrogen-bond donors (Lipinski definition) is 0. The van der Waals surface area contributed by atoms with Gasteiger partial charge in [-0.1, -0.05) is 64.5 Å². The quantitative estimate of drug-likeness (QED) is 0.190. The summed E-state index contributed by atoms with van der Waals surface area (Å²) in [4.78, 5) is 27.4. The first kappa shape index (κ1) is 25.8. The molecule has 1 fully saturated rings. The van der Waals surface area contributed by atoms with Gasteiger partial charge in [0.1, 0.15) is 6.61 Å². The molecule has 1 saturated heterocycles. The van der Waals surface area contributed by atoms with Crippen molar-refractivity contribution in [3.63, 3.8) is 0 Å². The van der Waals surface area contributed by atoms with Crippen molar-refractivity contribution in [1.29, 1.82) is 0 Å². The largest absolute Gasteiger partial charge is 0.490 e. The highest BCUT2D eigenvalue weighted by molar-refractivity contribution is 9.10. The Hall–Kier alpha value is -3.29. The normalized spacial score (nSPS) is 14.4. The number of carbonyl (C=O) groups excluding carboxylic acids is 2. The van der Waals surface area contributed by atoms with Crippen LogP contribution in [0.25, 0.3) is 6.08 Å². The van der Waals surface area contributed by atoms with Crippen molar-refractivity contribution in [3.8, 4) is 11.5 Å². The van der Waals surface area contributed by atoms with Gasteiger partial charge in [0.2, 0.25) is 0 Å². The van der Waals surface area contributed by atoms with Crippen LogP contribution in [0.15, 0.2) is 88.8 Å². The lowest BCUT2D eigenvalue weighted by Gasteiger charge is -2.17. The van der Waals surface area contributed by atoms with Gasteiger partial charge in [-0.2, -0.15) is 0 Å². The van der Waals surface area contributed by atoms with Crippen molar-refractivity contribution in [2.24, 2.45) is 0 Å². The van der Waals surface area contributed by atoms with E-state index in [0.29, 0.717) is 36.0 Å². The number of thioether (sulfide) groups is 1. The van der Waals surface area contributed by atoms with E-state index in [4.69, 9.17) is 9.47 Å². The average Bonchev–Trinajstić information content (AvgIpc) is 3.12. The van der Waals surface area contributed by atoms with E-state index in [9.17, 15) is 9.59 Å². The predicted octanol–water partition coefficient (Wildman–Crippen LogP) is 7.39. The zero-order valence-electron chi connectivity index (χ0n) is 19.9. The number of benzene rings is 3. The number of amides is 2. The van der Waals surface area contributed by atoms with Crippen LogP contribution in [0.5, 0.6) is 11.5 Å². The van der Waals surface area contributed by atoms with E-state index in [2.05, 4.69) is 22.5 Å². The number of ether oxygens (including phenoxy) is 2. The standard InChI is InChI=1S/C29H26BrNO4S/c1-3-9-23-14-22(16-25(34-4-2)27(23)35-19-20-10-6-5-7-11-20)17-26-28(32)31(29(33)36-26)18-21-12-8-13-24(30)15-21/h3,5-8,10-17H,1,4,9,18-19H2,2H3/b26-17-. The zero-order valence-corrected chi connectivity index (χ0v) is 22.3. The monoisotopic (exact) mass is 563 g/mol. The molecule has 0 spiro atoms. The third-order valence-corrected chi connectivity index (χ3v) is 6.85. The third-order valence-electron chi connectivity index (χ3n) is 5.45. The van der Waals surface area contributed by atoms with Crippen LogP contribution in [0.3, 0.4) is 0 Å². The van der Waals surface area contributed by atoms with Gasteiger partial charge in [0.25, 0.3) is 11.1 Å². The number of halogens is 1. The molecule has 0 radical (unpaired) electrons. The summed E-state index contributed by atoms with van der Waals surface area (Å²) >= 11 is 4.38. The number of rotatable bonds is 10. The fourth-order valence-electron chi connectivity index (χ4n) is 3.84. The summed E-state index contributed by atoms with van der Waals surface area (Å²) in [5.74, 6) is 0.936. The van der Waals surface area contributed by atoms with Gasteiger partial charge in [-0.3, -0.25) is 14.5 Å². The SMILES string of the molecule is C=CCc1cc(/C=C2\SC(=O)N(Cc3cccc(Br)c3)C2=O)cc(OCC)c1OCc1ccccc1. The number of allylic oxidation sites excluding steroid dienone is 1. The van der Waals surface area contributed by atoms with Crippen LogP contribution in [-0.4, -0.2) is 22.7 Å². The van der Waals surface area contributed by atoms with Crippen LogP contribution in [-0.2, 0) is 24.4 Å². The van der Waals surface area contributed by atoms with E-state index < -0.39 is 0 Å². The molecule has 1 aliphatic heterocycles. The Morgan fingerprint density at radius 3 is 2.50 bits per heavy atom. The van der Waals surface area contributed by atoms with Crippen molar-refractivity contribution in [2.75, 3.05) is 6.61 Å². The molecular formula is C29H26BrNO4S. The molecule has 0 aromatic heterocycles. The molecule has 0 bridgehead atoms. The molecule has 1 heterocycles. The van der Waals surface area contributed by atoms with Crippen LogP contribution in [0.2, 0.25) is 0 Å². The number of imide groups is 1.